The number of primary amides is 1. The number of nitrogens with two attached hydrogens (primary N) is 1. The largest absolute Gasteiger partial charge is 0.444 e. The minimum absolute atomic E-state index is 0.314. The topological polar surface area (TPSA) is 61.6 Å². The van der Waals surface area contributed by atoms with E-state index in [1.165, 1.54) is 0 Å². The van der Waals surface area contributed by atoms with Crippen LogP contribution < -0.4 is 5.73 Å². The van der Waals surface area contributed by atoms with Gasteiger partial charge in [0.2, 0.25) is 0 Å². The highest BCUT2D eigenvalue weighted by Crippen LogP contribution is 2.01. The van der Waals surface area contributed by atoms with Crippen LogP contribution in [-0.4, -0.2) is 18.8 Å². The molecule has 0 saturated carbocycles. The molecule has 0 aliphatic rings. The Morgan fingerprint density at radius 1 is 1.40 bits per heavy atom. The first kappa shape index (κ1) is 11.5. The van der Waals surface area contributed by atoms with E-state index < -0.39 is 6.09 Å². The summed E-state index contributed by atoms with van der Waals surface area (Å²) in [4.78, 5) is 10.4. The van der Waals surface area contributed by atoms with E-state index in [-0.39, 0.29) is 6.10 Å². The van der Waals surface area contributed by atoms with Crippen molar-refractivity contribution in [1.82, 2.24) is 0 Å². The third-order valence-corrected chi connectivity index (χ3v) is 1.78. The molecule has 0 fully saturated rings. The maximum absolute atomic E-state index is 10.4. The quantitative estimate of drug-likeness (QED) is 0.802. The van der Waals surface area contributed by atoms with Gasteiger partial charge in [0.25, 0.3) is 0 Å². The van der Waals surface area contributed by atoms with Gasteiger partial charge in [0.15, 0.2) is 0 Å². The van der Waals surface area contributed by atoms with Crippen molar-refractivity contribution in [1.29, 1.82) is 0 Å². The van der Waals surface area contributed by atoms with Crippen LogP contribution in [0.2, 0.25) is 0 Å². The van der Waals surface area contributed by atoms with Gasteiger partial charge in [-0.25, -0.2) is 4.79 Å². The van der Waals surface area contributed by atoms with E-state index in [2.05, 4.69) is 0 Å². The van der Waals surface area contributed by atoms with E-state index in [0.29, 0.717) is 13.2 Å². The molecule has 1 rings (SSSR count). The molecule has 0 heterocycles. The van der Waals surface area contributed by atoms with Crippen LogP contribution in [0.4, 0.5) is 4.79 Å². The van der Waals surface area contributed by atoms with Crippen molar-refractivity contribution in [2.75, 3.05) is 6.61 Å². The molecule has 0 spiro atoms. The van der Waals surface area contributed by atoms with Gasteiger partial charge in [0, 0.05) is 0 Å². The first-order valence-corrected chi connectivity index (χ1v) is 4.76. The minimum atomic E-state index is -0.772. The van der Waals surface area contributed by atoms with Gasteiger partial charge in [-0.3, -0.25) is 0 Å². The van der Waals surface area contributed by atoms with Crippen molar-refractivity contribution in [3.63, 3.8) is 0 Å². The Labute approximate surface area is 89.0 Å². The summed E-state index contributed by atoms with van der Waals surface area (Å²) in [5.41, 5.74) is 5.95. The van der Waals surface area contributed by atoms with Gasteiger partial charge in [-0.05, 0) is 12.5 Å². The maximum Gasteiger partial charge on any atom is 0.404 e. The Morgan fingerprint density at radius 3 is 2.67 bits per heavy atom. The van der Waals surface area contributed by atoms with E-state index in [0.717, 1.165) is 5.56 Å². The molecule has 0 aliphatic carbocycles. The molecular weight excluding hydrogens is 194 g/mol. The second kappa shape index (κ2) is 6.03. The molecule has 4 nitrogen and oxygen atoms in total. The Bertz CT molecular complexity index is 300. The molecule has 1 amide bonds. The summed E-state index contributed by atoms with van der Waals surface area (Å²) in [6, 6.07) is 9.78. The van der Waals surface area contributed by atoms with Crippen LogP contribution >= 0.6 is 0 Å². The fourth-order valence-corrected chi connectivity index (χ4v) is 1.15. The molecule has 4 heteroatoms. The van der Waals surface area contributed by atoms with Crippen LogP contribution in [0.15, 0.2) is 30.3 Å². The second-order valence-corrected chi connectivity index (χ2v) is 3.25. The van der Waals surface area contributed by atoms with Crippen molar-refractivity contribution in [2.45, 2.75) is 19.6 Å². The summed E-state index contributed by atoms with van der Waals surface area (Å²) < 4.78 is 10.1. The minimum Gasteiger partial charge on any atom is -0.444 e. The van der Waals surface area contributed by atoms with Crippen LogP contribution in [0.5, 0.6) is 0 Å². The van der Waals surface area contributed by atoms with Gasteiger partial charge in [0.05, 0.1) is 13.2 Å². The van der Waals surface area contributed by atoms with Crippen molar-refractivity contribution in [2.24, 2.45) is 5.73 Å². The molecule has 1 atom stereocenters. The van der Waals surface area contributed by atoms with Gasteiger partial charge >= 0.3 is 6.09 Å². The van der Waals surface area contributed by atoms with Crippen LogP contribution in [0.3, 0.4) is 0 Å². The zero-order valence-corrected chi connectivity index (χ0v) is 8.68. The molecule has 1 aromatic rings. The highest BCUT2D eigenvalue weighted by molar-refractivity contribution is 5.64. The van der Waals surface area contributed by atoms with E-state index in [1.807, 2.05) is 30.3 Å². The number of hydrogen-bond acceptors (Lipinski definition) is 3. The molecule has 82 valence electrons. The van der Waals surface area contributed by atoms with Gasteiger partial charge < -0.3 is 15.2 Å². The Balaban J connectivity index is 2.19. The van der Waals surface area contributed by atoms with Crippen LogP contribution in [0.1, 0.15) is 12.5 Å². The molecule has 0 aromatic heterocycles. The second-order valence-electron chi connectivity index (χ2n) is 3.25. The zero-order chi connectivity index (χ0) is 11.1. The number of benzene rings is 1. The molecule has 15 heavy (non-hydrogen) atoms. The Morgan fingerprint density at radius 2 is 2.07 bits per heavy atom. The standard InChI is InChI=1S/C11H15NO3/c1-9(15-11(12)13)7-14-8-10-5-3-2-4-6-10/h2-6,9H,7-8H2,1H3,(H2,12,13). The van der Waals surface area contributed by atoms with Crippen molar-refractivity contribution < 1.29 is 14.3 Å². The van der Waals surface area contributed by atoms with Crippen LogP contribution in [0, 0.1) is 0 Å². The Kier molecular flexibility index (Phi) is 4.63. The average molecular weight is 209 g/mol. The van der Waals surface area contributed by atoms with Gasteiger partial charge in [-0.15, -0.1) is 0 Å². The number of carbonyl (C=O) groups excluding carboxylic acids is 1. The lowest BCUT2D eigenvalue weighted by Gasteiger charge is -2.11. The lowest BCUT2D eigenvalue weighted by atomic mass is 10.2. The molecule has 0 bridgehead atoms. The first-order valence-electron chi connectivity index (χ1n) is 4.76. The summed E-state index contributed by atoms with van der Waals surface area (Å²) in [6.07, 6.45) is -1.09. The molecule has 0 radical (unpaired) electrons. The third kappa shape index (κ3) is 5.02. The number of rotatable bonds is 5. The fourth-order valence-electron chi connectivity index (χ4n) is 1.15. The third-order valence-electron chi connectivity index (χ3n) is 1.78. The molecule has 1 unspecified atom stereocenters. The van der Waals surface area contributed by atoms with Crippen LogP contribution in [0.25, 0.3) is 0 Å². The number of hydrogen-bond donors (Lipinski definition) is 1. The normalized spacial score (nSPS) is 12.1. The average Bonchev–Trinajstić information content (AvgIpc) is 2.18. The van der Waals surface area contributed by atoms with Crippen molar-refractivity contribution in [3.8, 4) is 0 Å². The smallest absolute Gasteiger partial charge is 0.404 e. The summed E-state index contributed by atoms with van der Waals surface area (Å²) >= 11 is 0. The van der Waals surface area contributed by atoms with E-state index in [1.54, 1.807) is 6.92 Å². The summed E-state index contributed by atoms with van der Waals surface area (Å²) in [5.74, 6) is 0. The molecular formula is C11H15NO3. The molecule has 0 saturated heterocycles. The van der Waals surface area contributed by atoms with Gasteiger partial charge in [-0.2, -0.15) is 0 Å². The highest BCUT2D eigenvalue weighted by Gasteiger charge is 2.05. The first-order chi connectivity index (χ1) is 7.18. The molecule has 1 aromatic carbocycles. The Hall–Kier alpha value is -1.55. The fraction of sp³-hybridized carbons (Fsp3) is 0.364. The van der Waals surface area contributed by atoms with E-state index in [9.17, 15) is 4.79 Å². The molecule has 2 N–H and O–H groups in total. The van der Waals surface area contributed by atoms with Gasteiger partial charge in [-0.1, -0.05) is 30.3 Å². The number of ether oxygens (including phenoxy) is 2. The lowest BCUT2D eigenvalue weighted by Crippen LogP contribution is -2.24. The summed E-state index contributed by atoms with van der Waals surface area (Å²) in [5, 5.41) is 0. The monoisotopic (exact) mass is 209 g/mol. The predicted molar refractivity (Wildman–Crippen MR) is 56.2 cm³/mol. The number of carbonyl (C=O) groups is 1. The van der Waals surface area contributed by atoms with E-state index >= 15 is 0 Å². The highest BCUT2D eigenvalue weighted by atomic mass is 16.6. The SMILES string of the molecule is CC(COCc1ccccc1)OC(N)=O. The lowest BCUT2D eigenvalue weighted by molar-refractivity contribution is 0.0252. The van der Waals surface area contributed by atoms with E-state index in [4.69, 9.17) is 15.2 Å². The summed E-state index contributed by atoms with van der Waals surface area (Å²) in [6.45, 7) is 2.58. The van der Waals surface area contributed by atoms with Crippen LogP contribution in [-0.2, 0) is 16.1 Å². The van der Waals surface area contributed by atoms with Crippen molar-refractivity contribution in [3.05, 3.63) is 35.9 Å². The predicted octanol–water partition coefficient (Wildman–Crippen LogP) is 1.69. The zero-order valence-electron chi connectivity index (χ0n) is 8.68. The van der Waals surface area contributed by atoms with Crippen molar-refractivity contribution >= 4 is 6.09 Å². The van der Waals surface area contributed by atoms with Gasteiger partial charge in [0.1, 0.15) is 6.10 Å². The summed E-state index contributed by atoms with van der Waals surface area (Å²) in [7, 11) is 0. The number of amides is 1. The maximum atomic E-state index is 10.4. The molecule has 0 aliphatic heterocycles.